The predicted octanol–water partition coefficient (Wildman–Crippen LogP) is 2.69. The Bertz CT molecular complexity index is 203. The molecule has 0 radical (unpaired) electrons. The summed E-state index contributed by atoms with van der Waals surface area (Å²) in [7, 11) is 0. The average molecular weight is 169 g/mol. The number of rotatable bonds is 2. The summed E-state index contributed by atoms with van der Waals surface area (Å²) in [6, 6.07) is 0. The lowest BCUT2D eigenvalue weighted by molar-refractivity contribution is 0.770. The van der Waals surface area contributed by atoms with E-state index < -0.39 is 0 Å². The number of hydrogen-bond donors (Lipinski definition) is 1. The summed E-state index contributed by atoms with van der Waals surface area (Å²) in [5, 5.41) is 7.03. The van der Waals surface area contributed by atoms with Gasteiger partial charge in [0.25, 0.3) is 0 Å². The minimum atomic E-state index is 0. The highest BCUT2D eigenvalue weighted by molar-refractivity contribution is 4.97. The molecule has 1 aromatic rings. The summed E-state index contributed by atoms with van der Waals surface area (Å²) in [6.45, 7) is 8.38. The maximum absolute atomic E-state index is 4.34. The Morgan fingerprint density at radius 1 is 1.08 bits per heavy atom. The molecule has 3 heteroatoms. The largest absolute Gasteiger partial charge is 0.263 e. The van der Waals surface area contributed by atoms with E-state index in [1.165, 1.54) is 0 Å². The minimum absolute atomic E-state index is 0. The van der Waals surface area contributed by atoms with Crippen LogP contribution in [0.4, 0.5) is 0 Å². The Morgan fingerprint density at radius 2 is 1.67 bits per heavy atom. The number of H-pyrrole nitrogens is 1. The first-order chi connectivity index (χ1) is 5.11. The first-order valence-corrected chi connectivity index (χ1v) is 4.03. The van der Waals surface area contributed by atoms with Crippen molar-refractivity contribution in [1.29, 1.82) is 0 Å². The highest BCUT2D eigenvalue weighted by atomic mass is 15.2. The smallest absolute Gasteiger partial charge is 0.153 e. The van der Waals surface area contributed by atoms with Gasteiger partial charge in [0, 0.05) is 11.8 Å². The van der Waals surface area contributed by atoms with Crippen molar-refractivity contribution < 1.29 is 0 Å². The van der Waals surface area contributed by atoms with Crippen molar-refractivity contribution in [1.82, 2.24) is 15.2 Å². The van der Waals surface area contributed by atoms with Crippen LogP contribution in [0.2, 0.25) is 0 Å². The second-order valence-corrected chi connectivity index (χ2v) is 3.39. The Hall–Kier alpha value is -0.860. The zero-order valence-corrected chi connectivity index (χ0v) is 7.55. The van der Waals surface area contributed by atoms with Gasteiger partial charge in [-0.1, -0.05) is 35.1 Å². The lowest BCUT2D eigenvalue weighted by Gasteiger charge is -1.96. The zero-order valence-electron chi connectivity index (χ0n) is 7.55. The second-order valence-electron chi connectivity index (χ2n) is 3.39. The van der Waals surface area contributed by atoms with E-state index in [2.05, 4.69) is 42.9 Å². The van der Waals surface area contributed by atoms with Gasteiger partial charge in [-0.25, -0.2) is 4.98 Å². The molecule has 70 valence electrons. The van der Waals surface area contributed by atoms with Gasteiger partial charge in [0.15, 0.2) is 5.82 Å². The van der Waals surface area contributed by atoms with Crippen LogP contribution < -0.4 is 0 Å². The van der Waals surface area contributed by atoms with Gasteiger partial charge in [-0.05, 0) is 0 Å². The van der Waals surface area contributed by atoms with Crippen molar-refractivity contribution in [3.63, 3.8) is 0 Å². The fraction of sp³-hybridized carbons (Fsp3) is 0.778. The third-order valence-corrected chi connectivity index (χ3v) is 1.58. The molecule has 1 rings (SSSR count). The molecule has 1 heterocycles. The molecular formula is C9H19N3. The van der Waals surface area contributed by atoms with Gasteiger partial charge in [0.2, 0.25) is 0 Å². The molecule has 0 aromatic carbocycles. The van der Waals surface area contributed by atoms with Crippen LogP contribution in [0.15, 0.2) is 0 Å². The first-order valence-electron chi connectivity index (χ1n) is 4.03. The van der Waals surface area contributed by atoms with Crippen LogP contribution in [0.1, 0.15) is 58.6 Å². The maximum Gasteiger partial charge on any atom is 0.153 e. The molecule has 1 N–H and O–H groups in total. The molecule has 0 aliphatic carbocycles. The highest BCUT2D eigenvalue weighted by Crippen LogP contribution is 2.12. The van der Waals surface area contributed by atoms with Crippen LogP contribution in [-0.2, 0) is 0 Å². The summed E-state index contributed by atoms with van der Waals surface area (Å²) in [5.74, 6) is 2.75. The molecule has 0 aliphatic heterocycles. The van der Waals surface area contributed by atoms with Gasteiger partial charge in [-0.3, -0.25) is 5.10 Å². The van der Waals surface area contributed by atoms with E-state index >= 15 is 0 Å². The minimum Gasteiger partial charge on any atom is -0.263 e. The number of nitrogens with one attached hydrogen (secondary N) is 1. The van der Waals surface area contributed by atoms with E-state index in [1.54, 1.807) is 0 Å². The Balaban J connectivity index is 0.00000121. The van der Waals surface area contributed by atoms with Gasteiger partial charge in [-0.15, -0.1) is 0 Å². The number of aromatic nitrogens is 3. The fourth-order valence-electron chi connectivity index (χ4n) is 0.804. The van der Waals surface area contributed by atoms with Crippen LogP contribution in [0, 0.1) is 0 Å². The maximum atomic E-state index is 4.34. The van der Waals surface area contributed by atoms with Gasteiger partial charge in [0.05, 0.1) is 0 Å². The molecule has 12 heavy (non-hydrogen) atoms. The van der Waals surface area contributed by atoms with Crippen LogP contribution in [0.3, 0.4) is 0 Å². The van der Waals surface area contributed by atoms with E-state index in [9.17, 15) is 0 Å². The summed E-state index contributed by atoms with van der Waals surface area (Å²) in [6.07, 6.45) is 0. The third-order valence-electron chi connectivity index (χ3n) is 1.58. The van der Waals surface area contributed by atoms with E-state index in [0.29, 0.717) is 11.8 Å². The van der Waals surface area contributed by atoms with Crippen LogP contribution in [-0.4, -0.2) is 15.2 Å². The summed E-state index contributed by atoms with van der Waals surface area (Å²) in [5.41, 5.74) is 0. The Labute approximate surface area is 74.6 Å². The average Bonchev–Trinajstić information content (AvgIpc) is 2.33. The standard InChI is InChI=1S/C8H15N3.CH4/c1-5(2)7-9-8(6(3)4)11-10-7;/h5-6H,1-4H3,(H,9,10,11);1H4. The van der Waals surface area contributed by atoms with E-state index in [-0.39, 0.29) is 7.43 Å². The molecule has 0 unspecified atom stereocenters. The van der Waals surface area contributed by atoms with Crippen LogP contribution in [0.5, 0.6) is 0 Å². The van der Waals surface area contributed by atoms with Gasteiger partial charge < -0.3 is 0 Å². The number of hydrogen-bond acceptors (Lipinski definition) is 2. The molecule has 0 saturated carbocycles. The molecule has 0 saturated heterocycles. The Morgan fingerprint density at radius 3 is 1.92 bits per heavy atom. The van der Waals surface area contributed by atoms with Crippen molar-refractivity contribution in [2.75, 3.05) is 0 Å². The van der Waals surface area contributed by atoms with Crippen molar-refractivity contribution in [2.24, 2.45) is 0 Å². The van der Waals surface area contributed by atoms with Crippen LogP contribution >= 0.6 is 0 Å². The summed E-state index contributed by atoms with van der Waals surface area (Å²) >= 11 is 0. The monoisotopic (exact) mass is 169 g/mol. The quantitative estimate of drug-likeness (QED) is 0.739. The van der Waals surface area contributed by atoms with E-state index in [0.717, 1.165) is 11.6 Å². The van der Waals surface area contributed by atoms with Gasteiger partial charge in [0.1, 0.15) is 5.82 Å². The number of aromatic amines is 1. The molecule has 0 aliphatic rings. The van der Waals surface area contributed by atoms with Crippen molar-refractivity contribution in [3.8, 4) is 0 Å². The topological polar surface area (TPSA) is 41.6 Å². The predicted molar refractivity (Wildman–Crippen MR) is 51.3 cm³/mol. The molecule has 0 spiro atoms. The summed E-state index contributed by atoms with van der Waals surface area (Å²) in [4.78, 5) is 4.34. The molecule has 0 amide bonds. The molecular weight excluding hydrogens is 150 g/mol. The van der Waals surface area contributed by atoms with Crippen molar-refractivity contribution >= 4 is 0 Å². The normalized spacial score (nSPS) is 10.5. The second kappa shape index (κ2) is 4.24. The van der Waals surface area contributed by atoms with Crippen LogP contribution in [0.25, 0.3) is 0 Å². The SMILES string of the molecule is C.CC(C)c1n[nH]c(C(C)C)n1. The van der Waals surface area contributed by atoms with Crippen molar-refractivity contribution in [2.45, 2.75) is 47.0 Å². The molecule has 1 aromatic heterocycles. The van der Waals surface area contributed by atoms with E-state index in [4.69, 9.17) is 0 Å². The fourth-order valence-corrected chi connectivity index (χ4v) is 0.804. The molecule has 0 fully saturated rings. The van der Waals surface area contributed by atoms with Gasteiger partial charge >= 0.3 is 0 Å². The molecule has 3 nitrogen and oxygen atoms in total. The Kier molecular flexibility index (Phi) is 3.93. The lowest BCUT2D eigenvalue weighted by Crippen LogP contribution is -1.92. The first kappa shape index (κ1) is 11.1. The molecule has 0 atom stereocenters. The highest BCUT2D eigenvalue weighted by Gasteiger charge is 2.08. The third kappa shape index (κ3) is 2.32. The van der Waals surface area contributed by atoms with Gasteiger partial charge in [-0.2, -0.15) is 5.10 Å². The summed E-state index contributed by atoms with van der Waals surface area (Å²) < 4.78 is 0. The zero-order chi connectivity index (χ0) is 8.43. The van der Waals surface area contributed by atoms with Crippen molar-refractivity contribution in [3.05, 3.63) is 11.6 Å². The number of nitrogens with zero attached hydrogens (tertiary/aromatic N) is 2. The lowest BCUT2D eigenvalue weighted by atomic mass is 10.2. The van der Waals surface area contributed by atoms with E-state index in [1.807, 2.05) is 0 Å². The molecule has 0 bridgehead atoms.